The molecule has 0 saturated heterocycles. The van der Waals surface area contributed by atoms with Gasteiger partial charge >= 0.3 is 0 Å². The smallest absolute Gasteiger partial charge is 0.287 e. The number of rotatable bonds is 8. The maximum atomic E-state index is 12.7. The van der Waals surface area contributed by atoms with Crippen LogP contribution >= 0.6 is 11.6 Å². The second kappa shape index (κ2) is 8.91. The van der Waals surface area contributed by atoms with Gasteiger partial charge in [0.15, 0.2) is 0 Å². The first-order valence-corrected chi connectivity index (χ1v) is 9.64. The van der Waals surface area contributed by atoms with Crippen molar-refractivity contribution >= 4 is 28.5 Å². The van der Waals surface area contributed by atoms with Gasteiger partial charge in [-0.3, -0.25) is 4.79 Å². The average Bonchev–Trinajstić information content (AvgIpc) is 3.05. The van der Waals surface area contributed by atoms with Crippen molar-refractivity contribution in [3.63, 3.8) is 0 Å². The van der Waals surface area contributed by atoms with Gasteiger partial charge in [-0.1, -0.05) is 74.5 Å². The summed E-state index contributed by atoms with van der Waals surface area (Å²) in [5.41, 5.74) is 2.46. The number of unbranched alkanes of at least 4 members (excludes halogenated alkanes) is 4. The molecule has 0 atom stereocenters. The van der Waals surface area contributed by atoms with E-state index in [1.807, 2.05) is 48.5 Å². The van der Waals surface area contributed by atoms with Crippen molar-refractivity contribution in [1.29, 1.82) is 0 Å². The number of benzene rings is 2. The Kier molecular flexibility index (Phi) is 6.35. The fourth-order valence-electron chi connectivity index (χ4n) is 3.12. The predicted molar refractivity (Wildman–Crippen MR) is 108 cm³/mol. The summed E-state index contributed by atoms with van der Waals surface area (Å²) in [6, 6.07) is 15.2. The Morgan fingerprint density at radius 1 is 1.00 bits per heavy atom. The van der Waals surface area contributed by atoms with Crippen LogP contribution in [-0.4, -0.2) is 12.5 Å². The van der Waals surface area contributed by atoms with Crippen LogP contribution in [0.5, 0.6) is 0 Å². The fraction of sp³-hybridized carbons (Fsp3) is 0.318. The van der Waals surface area contributed by atoms with Crippen LogP contribution in [0.3, 0.4) is 0 Å². The Bertz CT molecular complexity index is 867. The highest BCUT2D eigenvalue weighted by Crippen LogP contribution is 2.35. The molecule has 1 N–H and O–H groups in total. The van der Waals surface area contributed by atoms with Crippen molar-refractivity contribution in [3.8, 4) is 11.1 Å². The Hall–Kier alpha value is -2.26. The van der Waals surface area contributed by atoms with Gasteiger partial charge < -0.3 is 9.73 Å². The Labute approximate surface area is 159 Å². The van der Waals surface area contributed by atoms with Gasteiger partial charge in [0.05, 0.1) is 0 Å². The molecular formula is C22H24ClNO2. The highest BCUT2D eigenvalue weighted by atomic mass is 35.5. The Morgan fingerprint density at radius 2 is 1.73 bits per heavy atom. The van der Waals surface area contributed by atoms with E-state index in [-0.39, 0.29) is 5.91 Å². The molecular weight excluding hydrogens is 346 g/mol. The molecule has 0 unspecified atom stereocenters. The number of hydrogen-bond acceptors (Lipinski definition) is 2. The molecule has 0 saturated carbocycles. The number of carbonyl (C=O) groups is 1. The highest BCUT2D eigenvalue weighted by molar-refractivity contribution is 6.30. The number of hydrogen-bond donors (Lipinski definition) is 1. The molecule has 136 valence electrons. The predicted octanol–water partition coefficient (Wildman–Crippen LogP) is 6.45. The van der Waals surface area contributed by atoms with Gasteiger partial charge in [0.25, 0.3) is 5.91 Å². The molecule has 1 amide bonds. The summed E-state index contributed by atoms with van der Waals surface area (Å²) in [6.07, 6.45) is 5.81. The van der Waals surface area contributed by atoms with Gasteiger partial charge in [-0.2, -0.15) is 0 Å². The molecule has 3 rings (SSSR count). The lowest BCUT2D eigenvalue weighted by atomic mass is 10.0. The summed E-state index contributed by atoms with van der Waals surface area (Å²) in [5, 5.41) is 4.60. The van der Waals surface area contributed by atoms with Gasteiger partial charge in [-0.15, -0.1) is 0 Å². The first-order chi connectivity index (χ1) is 12.7. The van der Waals surface area contributed by atoms with Crippen molar-refractivity contribution in [3.05, 3.63) is 59.3 Å². The number of nitrogens with one attached hydrogen (secondary N) is 1. The molecule has 3 aromatic rings. The first kappa shape index (κ1) is 18.5. The minimum absolute atomic E-state index is 0.165. The molecule has 0 bridgehead atoms. The van der Waals surface area contributed by atoms with Crippen molar-refractivity contribution in [2.45, 2.75) is 39.0 Å². The second-order valence-corrected chi connectivity index (χ2v) is 6.92. The van der Waals surface area contributed by atoms with E-state index in [2.05, 4.69) is 12.2 Å². The van der Waals surface area contributed by atoms with Crippen LogP contribution in [0.4, 0.5) is 0 Å². The van der Waals surface area contributed by atoms with E-state index in [0.717, 1.165) is 29.4 Å². The lowest BCUT2D eigenvalue weighted by Crippen LogP contribution is -2.24. The maximum Gasteiger partial charge on any atom is 0.287 e. The molecule has 3 nitrogen and oxygen atoms in total. The van der Waals surface area contributed by atoms with E-state index < -0.39 is 0 Å². The number of carbonyl (C=O) groups excluding carboxylic acids is 1. The topological polar surface area (TPSA) is 42.2 Å². The molecule has 0 aliphatic heterocycles. The van der Waals surface area contributed by atoms with Crippen LogP contribution in [0.2, 0.25) is 5.02 Å². The number of halogens is 1. The van der Waals surface area contributed by atoms with Crippen molar-refractivity contribution in [2.75, 3.05) is 6.54 Å². The van der Waals surface area contributed by atoms with Gasteiger partial charge in [-0.25, -0.2) is 0 Å². The molecule has 1 heterocycles. The maximum absolute atomic E-state index is 12.7. The van der Waals surface area contributed by atoms with Gasteiger partial charge in [0, 0.05) is 22.5 Å². The summed E-state index contributed by atoms with van der Waals surface area (Å²) < 4.78 is 5.90. The summed E-state index contributed by atoms with van der Waals surface area (Å²) in [7, 11) is 0. The summed E-state index contributed by atoms with van der Waals surface area (Å²) in [6.45, 7) is 2.86. The number of amides is 1. The zero-order valence-corrected chi connectivity index (χ0v) is 15.8. The largest absolute Gasteiger partial charge is 0.450 e. The highest BCUT2D eigenvalue weighted by Gasteiger charge is 2.21. The average molecular weight is 370 g/mol. The third-order valence-electron chi connectivity index (χ3n) is 4.50. The number of para-hydroxylation sites is 1. The Morgan fingerprint density at radius 3 is 2.50 bits per heavy atom. The lowest BCUT2D eigenvalue weighted by Gasteiger charge is -2.06. The van der Waals surface area contributed by atoms with Crippen LogP contribution in [0.15, 0.2) is 52.9 Å². The molecule has 1 aromatic heterocycles. The van der Waals surface area contributed by atoms with E-state index >= 15 is 0 Å². The van der Waals surface area contributed by atoms with E-state index in [1.54, 1.807) is 0 Å². The zero-order valence-electron chi connectivity index (χ0n) is 15.1. The normalized spacial score (nSPS) is 11.0. The van der Waals surface area contributed by atoms with Crippen LogP contribution < -0.4 is 5.32 Å². The molecule has 26 heavy (non-hydrogen) atoms. The Balaban J connectivity index is 1.82. The van der Waals surface area contributed by atoms with Crippen LogP contribution in [-0.2, 0) is 0 Å². The van der Waals surface area contributed by atoms with Gasteiger partial charge in [0.2, 0.25) is 5.76 Å². The van der Waals surface area contributed by atoms with Crippen molar-refractivity contribution in [2.24, 2.45) is 0 Å². The van der Waals surface area contributed by atoms with Crippen molar-refractivity contribution < 1.29 is 9.21 Å². The molecule has 4 heteroatoms. The summed E-state index contributed by atoms with van der Waals surface area (Å²) >= 11 is 6.01. The molecule has 0 radical (unpaired) electrons. The number of furan rings is 1. The fourth-order valence-corrected chi connectivity index (χ4v) is 3.25. The molecule has 0 fully saturated rings. The second-order valence-electron chi connectivity index (χ2n) is 6.48. The van der Waals surface area contributed by atoms with E-state index in [9.17, 15) is 4.79 Å². The van der Waals surface area contributed by atoms with Crippen LogP contribution in [0.1, 0.15) is 49.6 Å². The summed E-state index contributed by atoms with van der Waals surface area (Å²) in [4.78, 5) is 12.7. The number of fused-ring (bicyclic) bond motifs is 1. The quantitative estimate of drug-likeness (QED) is 0.463. The van der Waals surface area contributed by atoms with E-state index in [0.29, 0.717) is 22.9 Å². The molecule has 0 aliphatic carbocycles. The van der Waals surface area contributed by atoms with E-state index in [1.165, 1.54) is 19.3 Å². The first-order valence-electron chi connectivity index (χ1n) is 9.26. The van der Waals surface area contributed by atoms with Gasteiger partial charge in [-0.05, 0) is 30.2 Å². The minimum Gasteiger partial charge on any atom is -0.450 e. The van der Waals surface area contributed by atoms with Crippen LogP contribution in [0, 0.1) is 0 Å². The standard InChI is InChI=1S/C22H24ClNO2/c1-2-3-4-5-8-15-24-22(25)21-20(16-11-13-17(23)14-12-16)18-9-6-7-10-19(18)26-21/h6-7,9-14H,2-5,8,15H2,1H3,(H,24,25). The monoisotopic (exact) mass is 369 g/mol. The summed E-state index contributed by atoms with van der Waals surface area (Å²) in [5.74, 6) is 0.198. The van der Waals surface area contributed by atoms with E-state index in [4.69, 9.17) is 16.0 Å². The third kappa shape index (κ3) is 4.28. The van der Waals surface area contributed by atoms with Crippen LogP contribution in [0.25, 0.3) is 22.1 Å². The van der Waals surface area contributed by atoms with Gasteiger partial charge in [0.1, 0.15) is 5.58 Å². The third-order valence-corrected chi connectivity index (χ3v) is 4.75. The SMILES string of the molecule is CCCCCCCNC(=O)c1oc2ccccc2c1-c1ccc(Cl)cc1. The lowest BCUT2D eigenvalue weighted by molar-refractivity contribution is 0.0928. The minimum atomic E-state index is -0.165. The zero-order chi connectivity index (χ0) is 18.4. The van der Waals surface area contributed by atoms with Crippen molar-refractivity contribution in [1.82, 2.24) is 5.32 Å². The molecule has 2 aromatic carbocycles. The molecule has 0 aliphatic rings. The molecule has 0 spiro atoms.